The Morgan fingerprint density at radius 3 is 2.73 bits per heavy atom. The van der Waals surface area contributed by atoms with Gasteiger partial charge in [0.1, 0.15) is 0 Å². The van der Waals surface area contributed by atoms with Crippen molar-refractivity contribution >= 4 is 11.3 Å². The van der Waals surface area contributed by atoms with Crippen LogP contribution in [0.15, 0.2) is 0 Å². The smallest absolute Gasteiger partial charge is 0.0954 e. The van der Waals surface area contributed by atoms with Crippen molar-refractivity contribution in [2.45, 2.75) is 32.7 Å². The Hall–Kier alpha value is -0.450. The van der Waals surface area contributed by atoms with Crippen LogP contribution in [0.5, 0.6) is 0 Å². The molecule has 1 rings (SSSR count). The molecule has 86 valence electrons. The zero-order chi connectivity index (χ0) is 11.3. The summed E-state index contributed by atoms with van der Waals surface area (Å²) in [5.74, 6) is 0.501. The molecular formula is C11H20N2OS. The summed E-state index contributed by atoms with van der Waals surface area (Å²) < 4.78 is 5.07. The van der Waals surface area contributed by atoms with Crippen LogP contribution >= 0.6 is 11.3 Å². The third-order valence-electron chi connectivity index (χ3n) is 2.18. The number of ether oxygens (including phenoxy) is 1. The normalized spacial score (nSPS) is 11.3. The fourth-order valence-corrected chi connectivity index (χ4v) is 2.66. The van der Waals surface area contributed by atoms with E-state index >= 15 is 0 Å². The van der Waals surface area contributed by atoms with Gasteiger partial charge in [0.15, 0.2) is 0 Å². The number of methoxy groups -OCH3 is 1. The van der Waals surface area contributed by atoms with Crippen LogP contribution in [0, 0.1) is 0 Å². The van der Waals surface area contributed by atoms with Gasteiger partial charge >= 0.3 is 0 Å². The van der Waals surface area contributed by atoms with E-state index in [-0.39, 0.29) is 0 Å². The van der Waals surface area contributed by atoms with Crippen molar-refractivity contribution < 1.29 is 4.74 Å². The lowest BCUT2D eigenvalue weighted by Gasteiger charge is -2.03. The van der Waals surface area contributed by atoms with E-state index in [4.69, 9.17) is 4.74 Å². The zero-order valence-electron chi connectivity index (χ0n) is 9.96. The maximum absolute atomic E-state index is 5.07. The molecule has 4 heteroatoms. The molecule has 1 aromatic heterocycles. The summed E-state index contributed by atoms with van der Waals surface area (Å²) in [6.07, 6.45) is 0.921. The Bertz CT molecular complexity index is 297. The molecule has 1 N–H and O–H groups in total. The average molecular weight is 228 g/mol. The number of rotatable bonds is 6. The van der Waals surface area contributed by atoms with Crippen LogP contribution in [-0.2, 0) is 17.7 Å². The Morgan fingerprint density at radius 2 is 2.20 bits per heavy atom. The lowest BCUT2D eigenvalue weighted by molar-refractivity contribution is 0.202. The number of hydrogen-bond acceptors (Lipinski definition) is 4. The van der Waals surface area contributed by atoms with E-state index in [9.17, 15) is 0 Å². The van der Waals surface area contributed by atoms with Gasteiger partial charge in [0.2, 0.25) is 0 Å². The van der Waals surface area contributed by atoms with E-state index in [2.05, 4.69) is 24.1 Å². The first-order chi connectivity index (χ1) is 7.19. The topological polar surface area (TPSA) is 34.1 Å². The molecule has 0 spiro atoms. The molecule has 1 heterocycles. The molecule has 0 saturated heterocycles. The monoisotopic (exact) mass is 228 g/mol. The highest BCUT2D eigenvalue weighted by atomic mass is 32.1. The Kier molecular flexibility index (Phi) is 5.22. The van der Waals surface area contributed by atoms with Crippen molar-refractivity contribution in [1.29, 1.82) is 0 Å². The van der Waals surface area contributed by atoms with Crippen molar-refractivity contribution in [2.75, 3.05) is 20.8 Å². The average Bonchev–Trinajstić information content (AvgIpc) is 2.59. The molecule has 1 aromatic rings. The third-order valence-corrected chi connectivity index (χ3v) is 3.31. The Morgan fingerprint density at radius 1 is 1.47 bits per heavy atom. The molecule has 0 aliphatic heterocycles. The van der Waals surface area contributed by atoms with Crippen LogP contribution in [0.2, 0.25) is 0 Å². The summed E-state index contributed by atoms with van der Waals surface area (Å²) in [7, 11) is 3.70. The highest BCUT2D eigenvalue weighted by molar-refractivity contribution is 7.11. The second kappa shape index (κ2) is 6.20. The van der Waals surface area contributed by atoms with Gasteiger partial charge in [0.05, 0.1) is 17.3 Å². The summed E-state index contributed by atoms with van der Waals surface area (Å²) in [5.41, 5.74) is 1.24. The largest absolute Gasteiger partial charge is 0.384 e. The summed E-state index contributed by atoms with van der Waals surface area (Å²) in [6.45, 7) is 6.05. The first-order valence-electron chi connectivity index (χ1n) is 5.31. The van der Waals surface area contributed by atoms with E-state index in [0.717, 1.165) is 19.6 Å². The van der Waals surface area contributed by atoms with Crippen LogP contribution in [0.1, 0.15) is 35.3 Å². The number of nitrogens with zero attached hydrogens (tertiary/aromatic N) is 1. The van der Waals surface area contributed by atoms with E-state index in [1.807, 2.05) is 7.05 Å². The van der Waals surface area contributed by atoms with Crippen molar-refractivity contribution in [3.63, 3.8) is 0 Å². The molecule has 0 aromatic carbocycles. The fourth-order valence-electron chi connectivity index (χ4n) is 1.45. The van der Waals surface area contributed by atoms with Gasteiger partial charge in [-0.05, 0) is 13.0 Å². The molecule has 0 saturated carbocycles. The zero-order valence-corrected chi connectivity index (χ0v) is 10.8. The van der Waals surface area contributed by atoms with E-state index in [0.29, 0.717) is 5.92 Å². The predicted octanol–water partition coefficient (Wildman–Crippen LogP) is 2.17. The van der Waals surface area contributed by atoms with Crippen LogP contribution in [0.3, 0.4) is 0 Å². The van der Waals surface area contributed by atoms with Crippen molar-refractivity contribution in [3.8, 4) is 0 Å². The molecule has 3 nitrogen and oxygen atoms in total. The fraction of sp³-hybridized carbons (Fsp3) is 0.727. The van der Waals surface area contributed by atoms with Gasteiger partial charge in [-0.1, -0.05) is 13.8 Å². The van der Waals surface area contributed by atoms with Crippen LogP contribution in [-0.4, -0.2) is 25.7 Å². The van der Waals surface area contributed by atoms with Crippen LogP contribution in [0.25, 0.3) is 0 Å². The van der Waals surface area contributed by atoms with E-state index in [1.54, 1.807) is 18.4 Å². The second-order valence-corrected chi connectivity index (χ2v) is 5.01. The second-order valence-electron chi connectivity index (χ2n) is 3.84. The van der Waals surface area contributed by atoms with Gasteiger partial charge in [-0.25, -0.2) is 4.98 Å². The first kappa shape index (κ1) is 12.6. The van der Waals surface area contributed by atoms with E-state index < -0.39 is 0 Å². The molecule has 0 radical (unpaired) electrons. The third kappa shape index (κ3) is 3.55. The van der Waals surface area contributed by atoms with Gasteiger partial charge < -0.3 is 10.1 Å². The van der Waals surface area contributed by atoms with Crippen molar-refractivity contribution in [2.24, 2.45) is 0 Å². The van der Waals surface area contributed by atoms with Gasteiger partial charge in [-0.15, -0.1) is 11.3 Å². The van der Waals surface area contributed by atoms with Crippen molar-refractivity contribution in [3.05, 3.63) is 15.6 Å². The maximum atomic E-state index is 5.07. The molecule has 0 fully saturated rings. The molecular weight excluding hydrogens is 208 g/mol. The number of thiazole rings is 1. The maximum Gasteiger partial charge on any atom is 0.0954 e. The van der Waals surface area contributed by atoms with Gasteiger partial charge in [-0.2, -0.15) is 0 Å². The quantitative estimate of drug-likeness (QED) is 0.810. The molecule has 0 aliphatic carbocycles. The first-order valence-corrected chi connectivity index (χ1v) is 6.12. The minimum Gasteiger partial charge on any atom is -0.384 e. The minimum absolute atomic E-state index is 0.501. The standard InChI is InChI=1S/C11H20N2OS/c1-8(2)11-9(7-12-3)15-10(13-11)5-6-14-4/h8,12H,5-7H2,1-4H3. The van der Waals surface area contributed by atoms with Gasteiger partial charge in [0, 0.05) is 25.0 Å². The highest BCUT2D eigenvalue weighted by Crippen LogP contribution is 2.25. The molecule has 0 unspecified atom stereocenters. The molecule has 0 aliphatic rings. The summed E-state index contributed by atoms with van der Waals surface area (Å²) >= 11 is 1.80. The summed E-state index contributed by atoms with van der Waals surface area (Å²) in [5, 5.41) is 4.37. The molecule has 0 amide bonds. The molecule has 0 bridgehead atoms. The number of nitrogens with one attached hydrogen (secondary N) is 1. The van der Waals surface area contributed by atoms with Gasteiger partial charge in [0.25, 0.3) is 0 Å². The SMILES string of the molecule is CNCc1sc(CCOC)nc1C(C)C. The summed E-state index contributed by atoms with van der Waals surface area (Å²) in [4.78, 5) is 6.02. The highest BCUT2D eigenvalue weighted by Gasteiger charge is 2.13. The minimum atomic E-state index is 0.501. The molecule has 15 heavy (non-hydrogen) atoms. The van der Waals surface area contributed by atoms with Gasteiger partial charge in [-0.3, -0.25) is 0 Å². The number of aromatic nitrogens is 1. The van der Waals surface area contributed by atoms with Crippen LogP contribution < -0.4 is 5.32 Å². The van der Waals surface area contributed by atoms with Crippen molar-refractivity contribution in [1.82, 2.24) is 10.3 Å². The van der Waals surface area contributed by atoms with E-state index in [1.165, 1.54) is 15.6 Å². The number of hydrogen-bond donors (Lipinski definition) is 1. The Balaban J connectivity index is 2.78. The van der Waals surface area contributed by atoms with Crippen LogP contribution in [0.4, 0.5) is 0 Å². The lowest BCUT2D eigenvalue weighted by atomic mass is 10.1. The Labute approximate surface area is 95.9 Å². The molecule has 0 atom stereocenters. The predicted molar refractivity (Wildman–Crippen MR) is 64.5 cm³/mol. The lowest BCUT2D eigenvalue weighted by Crippen LogP contribution is -2.06. The summed E-state index contributed by atoms with van der Waals surface area (Å²) in [6, 6.07) is 0.